The summed E-state index contributed by atoms with van der Waals surface area (Å²) >= 11 is 0. The predicted octanol–water partition coefficient (Wildman–Crippen LogP) is 5.86. The zero-order chi connectivity index (χ0) is 21.3. The summed E-state index contributed by atoms with van der Waals surface area (Å²) in [6, 6.07) is 22.2. The Hall–Kier alpha value is -3.73. The van der Waals surface area contributed by atoms with Gasteiger partial charge in [0, 0.05) is 0 Å². The molecule has 1 N–H and O–H groups in total. The number of benzene rings is 3. The topological polar surface area (TPSA) is 46.9 Å². The Bertz CT molecular complexity index is 1210. The van der Waals surface area contributed by atoms with E-state index in [1.165, 1.54) is 12.1 Å². The number of carbonyl (C=O) groups excluding carboxylic acids is 1. The maximum Gasteiger partial charge on any atom is 0.258 e. The van der Waals surface area contributed by atoms with Gasteiger partial charge in [-0.2, -0.15) is 5.10 Å². The lowest BCUT2D eigenvalue weighted by Crippen LogP contribution is -2.15. The van der Waals surface area contributed by atoms with Crippen molar-refractivity contribution in [2.75, 3.05) is 5.32 Å². The van der Waals surface area contributed by atoms with Gasteiger partial charge < -0.3 is 5.32 Å². The van der Waals surface area contributed by atoms with Crippen LogP contribution in [-0.2, 0) is 0 Å². The van der Waals surface area contributed by atoms with Crippen LogP contribution in [0.2, 0.25) is 0 Å². The molecule has 0 unspecified atom stereocenters. The van der Waals surface area contributed by atoms with Crippen LogP contribution in [0.15, 0.2) is 72.8 Å². The quantitative estimate of drug-likeness (QED) is 0.467. The number of aryl methyl sites for hydroxylation is 2. The second-order valence-corrected chi connectivity index (χ2v) is 7.31. The Balaban J connectivity index is 1.60. The van der Waals surface area contributed by atoms with Crippen LogP contribution in [0, 0.1) is 26.6 Å². The van der Waals surface area contributed by atoms with E-state index in [-0.39, 0.29) is 5.56 Å². The van der Waals surface area contributed by atoms with Gasteiger partial charge in [-0.15, -0.1) is 0 Å². The lowest BCUT2D eigenvalue weighted by atomic mass is 10.0. The van der Waals surface area contributed by atoms with Gasteiger partial charge in [-0.1, -0.05) is 54.1 Å². The summed E-state index contributed by atoms with van der Waals surface area (Å²) in [4.78, 5) is 12.8. The van der Waals surface area contributed by atoms with E-state index < -0.39 is 11.7 Å². The van der Waals surface area contributed by atoms with Gasteiger partial charge in [-0.05, 0) is 56.2 Å². The van der Waals surface area contributed by atoms with Gasteiger partial charge >= 0.3 is 0 Å². The van der Waals surface area contributed by atoms with Crippen molar-refractivity contribution in [2.45, 2.75) is 20.8 Å². The van der Waals surface area contributed by atoms with Crippen LogP contribution in [0.25, 0.3) is 16.8 Å². The zero-order valence-electron chi connectivity index (χ0n) is 17.1. The first-order valence-electron chi connectivity index (χ1n) is 9.73. The maximum atomic E-state index is 14.8. The van der Waals surface area contributed by atoms with E-state index in [0.29, 0.717) is 11.4 Å². The number of hydrogen-bond donors (Lipinski definition) is 1. The number of amides is 1. The second kappa shape index (κ2) is 7.95. The van der Waals surface area contributed by atoms with E-state index in [1.54, 1.807) is 10.7 Å². The molecule has 4 nitrogen and oxygen atoms in total. The van der Waals surface area contributed by atoms with Gasteiger partial charge in [0.1, 0.15) is 5.82 Å². The lowest BCUT2D eigenvalue weighted by molar-refractivity contribution is 0.102. The Kier molecular flexibility index (Phi) is 5.19. The van der Waals surface area contributed by atoms with E-state index in [9.17, 15) is 9.18 Å². The molecule has 0 aliphatic carbocycles. The summed E-state index contributed by atoms with van der Waals surface area (Å²) in [5, 5.41) is 7.35. The fourth-order valence-corrected chi connectivity index (χ4v) is 3.45. The van der Waals surface area contributed by atoms with Gasteiger partial charge in [-0.25, -0.2) is 9.07 Å². The van der Waals surface area contributed by atoms with Crippen LogP contribution in [0.1, 0.15) is 27.3 Å². The van der Waals surface area contributed by atoms with Crippen LogP contribution in [-0.4, -0.2) is 15.7 Å². The number of rotatable bonds is 4. The smallest absolute Gasteiger partial charge is 0.258 e. The number of carbonyl (C=O) groups is 1. The van der Waals surface area contributed by atoms with Crippen LogP contribution < -0.4 is 5.32 Å². The van der Waals surface area contributed by atoms with Crippen LogP contribution in [0.4, 0.5) is 10.1 Å². The largest absolute Gasteiger partial charge is 0.319 e. The van der Waals surface area contributed by atoms with Crippen molar-refractivity contribution < 1.29 is 9.18 Å². The molecule has 5 heteroatoms. The fraction of sp³-hybridized carbons (Fsp3) is 0.120. The molecule has 0 radical (unpaired) electrons. The van der Waals surface area contributed by atoms with Gasteiger partial charge in [-0.3, -0.25) is 4.79 Å². The molecule has 30 heavy (non-hydrogen) atoms. The van der Waals surface area contributed by atoms with E-state index in [1.807, 2.05) is 75.4 Å². The molecule has 4 aromatic rings. The average molecular weight is 399 g/mol. The number of hydrogen-bond acceptors (Lipinski definition) is 2. The van der Waals surface area contributed by atoms with Crippen LogP contribution in [0.5, 0.6) is 0 Å². The monoisotopic (exact) mass is 399 g/mol. The number of nitrogens with one attached hydrogen (secondary N) is 1. The Morgan fingerprint density at radius 1 is 0.900 bits per heavy atom. The third kappa shape index (κ3) is 3.74. The first-order chi connectivity index (χ1) is 14.4. The minimum absolute atomic E-state index is 0.00266. The highest BCUT2D eigenvalue weighted by Gasteiger charge is 2.18. The van der Waals surface area contributed by atoms with Gasteiger partial charge in [0.05, 0.1) is 28.3 Å². The minimum atomic E-state index is -0.559. The molecule has 1 aromatic heterocycles. The average Bonchev–Trinajstić information content (AvgIpc) is 3.03. The fourth-order valence-electron chi connectivity index (χ4n) is 3.45. The summed E-state index contributed by atoms with van der Waals surface area (Å²) < 4.78 is 16.5. The molecular weight excluding hydrogens is 377 g/mol. The molecule has 0 bridgehead atoms. The second-order valence-electron chi connectivity index (χ2n) is 7.31. The lowest BCUT2D eigenvalue weighted by Gasteiger charge is -2.09. The van der Waals surface area contributed by atoms with Crippen molar-refractivity contribution in [3.05, 3.63) is 101 Å². The number of aromatic nitrogens is 2. The summed E-state index contributed by atoms with van der Waals surface area (Å²) in [7, 11) is 0. The number of nitrogens with zero attached hydrogens (tertiary/aromatic N) is 2. The highest BCUT2D eigenvalue weighted by atomic mass is 19.1. The minimum Gasteiger partial charge on any atom is -0.319 e. The molecule has 4 rings (SSSR count). The summed E-state index contributed by atoms with van der Waals surface area (Å²) in [6.45, 7) is 5.69. The van der Waals surface area contributed by atoms with E-state index in [0.717, 1.165) is 28.1 Å². The predicted molar refractivity (Wildman–Crippen MR) is 118 cm³/mol. The molecule has 3 aromatic carbocycles. The highest BCUT2D eigenvalue weighted by molar-refractivity contribution is 6.05. The first-order valence-corrected chi connectivity index (χ1v) is 9.73. The highest BCUT2D eigenvalue weighted by Crippen LogP contribution is 2.26. The van der Waals surface area contributed by atoms with Crippen LogP contribution in [0.3, 0.4) is 0 Å². The molecule has 0 aliphatic heterocycles. The number of anilines is 1. The molecule has 150 valence electrons. The molecule has 0 saturated heterocycles. The van der Waals surface area contributed by atoms with Crippen molar-refractivity contribution in [1.29, 1.82) is 0 Å². The van der Waals surface area contributed by atoms with Crippen molar-refractivity contribution >= 4 is 11.6 Å². The van der Waals surface area contributed by atoms with Gasteiger partial charge in [0.25, 0.3) is 5.91 Å². The van der Waals surface area contributed by atoms with Gasteiger partial charge in [0.15, 0.2) is 0 Å². The van der Waals surface area contributed by atoms with Crippen LogP contribution >= 0.6 is 0 Å². The molecule has 0 fully saturated rings. The third-order valence-corrected chi connectivity index (χ3v) is 5.13. The van der Waals surface area contributed by atoms with Crippen molar-refractivity contribution in [3.8, 4) is 16.8 Å². The standard InChI is InChI=1S/C25H22FN3O/c1-16-9-11-19(12-10-16)20-13-14-22(23(26)15-20)25(30)27-24-17(2)28-29(18(24)3)21-7-5-4-6-8-21/h4-15H,1-3H3,(H,27,30). The zero-order valence-corrected chi connectivity index (χ0v) is 17.1. The summed E-state index contributed by atoms with van der Waals surface area (Å²) in [6.07, 6.45) is 0. The molecule has 1 heterocycles. The van der Waals surface area contributed by atoms with Crippen molar-refractivity contribution in [3.63, 3.8) is 0 Å². The Morgan fingerprint density at radius 2 is 1.57 bits per heavy atom. The molecule has 0 aliphatic rings. The van der Waals surface area contributed by atoms with Gasteiger partial charge in [0.2, 0.25) is 0 Å². The number of para-hydroxylation sites is 1. The first kappa shape index (κ1) is 19.6. The van der Waals surface area contributed by atoms with E-state index in [2.05, 4.69) is 10.4 Å². The van der Waals surface area contributed by atoms with E-state index >= 15 is 0 Å². The Morgan fingerprint density at radius 3 is 2.23 bits per heavy atom. The number of halogens is 1. The van der Waals surface area contributed by atoms with E-state index in [4.69, 9.17) is 0 Å². The molecule has 0 spiro atoms. The normalized spacial score (nSPS) is 10.8. The van der Waals surface area contributed by atoms with Crippen molar-refractivity contribution in [2.24, 2.45) is 0 Å². The third-order valence-electron chi connectivity index (χ3n) is 5.13. The SMILES string of the molecule is Cc1ccc(-c2ccc(C(=O)Nc3c(C)nn(-c4ccccc4)c3C)c(F)c2)cc1. The molecular formula is C25H22FN3O. The Labute approximate surface area is 175 Å². The molecule has 0 saturated carbocycles. The summed E-state index contributed by atoms with van der Waals surface area (Å²) in [5.74, 6) is -1.06. The molecule has 0 atom stereocenters. The molecule has 1 amide bonds. The van der Waals surface area contributed by atoms with Crippen molar-refractivity contribution in [1.82, 2.24) is 9.78 Å². The summed E-state index contributed by atoms with van der Waals surface area (Å²) in [5.41, 5.74) is 5.70. The maximum absolute atomic E-state index is 14.8.